The lowest BCUT2D eigenvalue weighted by molar-refractivity contribution is -0.0521. The van der Waals surface area contributed by atoms with Crippen LogP contribution >= 0.6 is 0 Å². The SMILES string of the molecule is COC(=O)N(C[C@@H]1OC[C@H](O)c2cccc(F)c21)C(C)(C)C. The fourth-order valence-electron chi connectivity index (χ4n) is 2.61. The van der Waals surface area contributed by atoms with Crippen molar-refractivity contribution in [2.75, 3.05) is 20.3 Å². The molecule has 0 fully saturated rings. The second kappa shape index (κ2) is 6.22. The van der Waals surface area contributed by atoms with Gasteiger partial charge < -0.3 is 19.5 Å². The summed E-state index contributed by atoms with van der Waals surface area (Å²) in [6.07, 6.45) is -2.00. The summed E-state index contributed by atoms with van der Waals surface area (Å²) in [5.41, 5.74) is 0.312. The highest BCUT2D eigenvalue weighted by Crippen LogP contribution is 2.35. The maximum absolute atomic E-state index is 14.2. The van der Waals surface area contributed by atoms with Crippen LogP contribution in [0.5, 0.6) is 0 Å². The zero-order valence-electron chi connectivity index (χ0n) is 13.3. The number of methoxy groups -OCH3 is 1. The molecule has 0 aliphatic carbocycles. The van der Waals surface area contributed by atoms with Crippen molar-refractivity contribution in [3.63, 3.8) is 0 Å². The lowest BCUT2D eigenvalue weighted by atomic mass is 9.94. The topological polar surface area (TPSA) is 59.0 Å². The fraction of sp³-hybridized carbons (Fsp3) is 0.562. The van der Waals surface area contributed by atoms with Crippen molar-refractivity contribution in [1.29, 1.82) is 0 Å². The van der Waals surface area contributed by atoms with Crippen LogP contribution < -0.4 is 0 Å². The first-order valence-electron chi connectivity index (χ1n) is 7.19. The van der Waals surface area contributed by atoms with Gasteiger partial charge in [0.1, 0.15) is 18.0 Å². The molecular weight excluding hydrogens is 289 g/mol. The lowest BCUT2D eigenvalue weighted by Gasteiger charge is -2.39. The summed E-state index contributed by atoms with van der Waals surface area (Å²) in [6.45, 7) is 5.81. The van der Waals surface area contributed by atoms with Crippen LogP contribution in [0.3, 0.4) is 0 Å². The number of fused-ring (bicyclic) bond motifs is 1. The number of carbonyl (C=O) groups excluding carboxylic acids is 1. The normalized spacial score (nSPS) is 21.2. The molecule has 2 atom stereocenters. The number of hydrogen-bond donors (Lipinski definition) is 1. The molecular formula is C16H22FNO4. The fourth-order valence-corrected chi connectivity index (χ4v) is 2.61. The molecule has 5 nitrogen and oxygen atoms in total. The third kappa shape index (κ3) is 3.23. The minimum Gasteiger partial charge on any atom is -0.453 e. The molecule has 1 aliphatic rings. The van der Waals surface area contributed by atoms with Crippen LogP contribution in [0.4, 0.5) is 9.18 Å². The molecule has 0 aromatic heterocycles. The van der Waals surface area contributed by atoms with Gasteiger partial charge in [-0.1, -0.05) is 12.1 Å². The van der Waals surface area contributed by atoms with Gasteiger partial charge in [-0.05, 0) is 32.4 Å². The Morgan fingerprint density at radius 2 is 2.18 bits per heavy atom. The first kappa shape index (κ1) is 16.7. The summed E-state index contributed by atoms with van der Waals surface area (Å²) in [4.78, 5) is 13.5. The Balaban J connectivity index is 2.34. The van der Waals surface area contributed by atoms with Gasteiger partial charge in [0, 0.05) is 11.1 Å². The Kier molecular flexibility index (Phi) is 4.72. The van der Waals surface area contributed by atoms with E-state index in [4.69, 9.17) is 9.47 Å². The van der Waals surface area contributed by atoms with Crippen LogP contribution in [0.25, 0.3) is 0 Å². The van der Waals surface area contributed by atoms with Crippen LogP contribution in [0.15, 0.2) is 18.2 Å². The molecule has 22 heavy (non-hydrogen) atoms. The molecule has 0 saturated heterocycles. The third-order valence-corrected chi connectivity index (χ3v) is 3.78. The zero-order chi connectivity index (χ0) is 16.5. The first-order chi connectivity index (χ1) is 10.3. The molecule has 6 heteroatoms. The maximum Gasteiger partial charge on any atom is 0.410 e. The molecule has 1 aromatic carbocycles. The monoisotopic (exact) mass is 311 g/mol. The van der Waals surface area contributed by atoms with Crippen molar-refractivity contribution >= 4 is 6.09 Å². The van der Waals surface area contributed by atoms with Crippen LogP contribution in [-0.4, -0.2) is 41.9 Å². The quantitative estimate of drug-likeness (QED) is 0.912. The molecule has 1 heterocycles. The smallest absolute Gasteiger partial charge is 0.410 e. The number of benzene rings is 1. The number of aliphatic hydroxyl groups is 1. The largest absolute Gasteiger partial charge is 0.453 e. The number of aliphatic hydroxyl groups excluding tert-OH is 1. The van der Waals surface area contributed by atoms with E-state index in [1.54, 1.807) is 12.1 Å². The predicted molar refractivity (Wildman–Crippen MR) is 78.9 cm³/mol. The molecule has 2 rings (SSSR count). The third-order valence-electron chi connectivity index (χ3n) is 3.78. The van der Waals surface area contributed by atoms with Gasteiger partial charge in [0.2, 0.25) is 0 Å². The summed E-state index contributed by atoms with van der Waals surface area (Å²) < 4.78 is 24.6. The van der Waals surface area contributed by atoms with Gasteiger partial charge in [-0.15, -0.1) is 0 Å². The molecule has 0 saturated carbocycles. The Labute approximate surface area is 129 Å². The van der Waals surface area contributed by atoms with E-state index in [9.17, 15) is 14.3 Å². The Morgan fingerprint density at radius 1 is 1.50 bits per heavy atom. The van der Waals surface area contributed by atoms with Crippen molar-refractivity contribution in [3.05, 3.63) is 35.1 Å². The van der Waals surface area contributed by atoms with Crippen molar-refractivity contribution in [1.82, 2.24) is 4.90 Å². The van der Waals surface area contributed by atoms with Crippen molar-refractivity contribution < 1.29 is 23.8 Å². The number of nitrogens with zero attached hydrogens (tertiary/aromatic N) is 1. The van der Waals surface area contributed by atoms with Crippen molar-refractivity contribution in [2.24, 2.45) is 0 Å². The number of halogens is 1. The lowest BCUT2D eigenvalue weighted by Crippen LogP contribution is -2.48. The summed E-state index contributed by atoms with van der Waals surface area (Å²) in [7, 11) is 1.31. The summed E-state index contributed by atoms with van der Waals surface area (Å²) >= 11 is 0. The van der Waals surface area contributed by atoms with E-state index < -0.39 is 29.7 Å². The number of carbonyl (C=O) groups is 1. The predicted octanol–water partition coefficient (Wildman–Crippen LogP) is 2.80. The van der Waals surface area contributed by atoms with E-state index in [0.717, 1.165) is 0 Å². The van der Waals surface area contributed by atoms with E-state index in [1.807, 2.05) is 20.8 Å². The Hall–Kier alpha value is -1.66. The highest BCUT2D eigenvalue weighted by molar-refractivity contribution is 5.68. The number of hydrogen-bond acceptors (Lipinski definition) is 4. The molecule has 1 amide bonds. The number of rotatable bonds is 2. The van der Waals surface area contributed by atoms with Gasteiger partial charge in [0.05, 0.1) is 20.3 Å². The second-order valence-corrected chi connectivity index (χ2v) is 6.33. The average Bonchev–Trinajstić information content (AvgIpc) is 2.45. The van der Waals surface area contributed by atoms with E-state index >= 15 is 0 Å². The van der Waals surface area contributed by atoms with Crippen LogP contribution in [0.2, 0.25) is 0 Å². The van der Waals surface area contributed by atoms with Gasteiger partial charge in [0.25, 0.3) is 0 Å². The molecule has 0 spiro atoms. The van der Waals surface area contributed by atoms with E-state index in [1.165, 1.54) is 18.1 Å². The van der Waals surface area contributed by atoms with Crippen molar-refractivity contribution in [2.45, 2.75) is 38.5 Å². The Bertz CT molecular complexity index is 556. The minimum atomic E-state index is -0.858. The molecule has 0 radical (unpaired) electrons. The summed E-state index contributed by atoms with van der Waals surface area (Å²) in [5, 5.41) is 9.96. The standard InChI is InChI=1S/C16H22FNO4/c1-16(2,3)18(15(20)21-4)8-13-14-10(12(19)9-22-13)6-5-7-11(14)17/h5-7,12-13,19H,8-9H2,1-4H3/t12-,13-/m0/s1. The van der Waals surface area contributed by atoms with E-state index in [2.05, 4.69) is 0 Å². The zero-order valence-corrected chi connectivity index (χ0v) is 13.3. The molecule has 0 unspecified atom stereocenters. The van der Waals surface area contributed by atoms with Crippen LogP contribution in [0.1, 0.15) is 44.1 Å². The Morgan fingerprint density at radius 3 is 2.77 bits per heavy atom. The van der Waals surface area contributed by atoms with E-state index in [-0.39, 0.29) is 13.2 Å². The molecule has 0 bridgehead atoms. The van der Waals surface area contributed by atoms with Gasteiger partial charge in [-0.3, -0.25) is 0 Å². The average molecular weight is 311 g/mol. The molecule has 1 aliphatic heterocycles. The number of ether oxygens (including phenoxy) is 2. The summed E-state index contributed by atoms with van der Waals surface area (Å²) in [5.74, 6) is -0.444. The van der Waals surface area contributed by atoms with Gasteiger partial charge in [0.15, 0.2) is 0 Å². The highest BCUT2D eigenvalue weighted by atomic mass is 19.1. The summed E-state index contributed by atoms with van der Waals surface area (Å²) in [6, 6.07) is 4.56. The van der Waals surface area contributed by atoms with E-state index in [0.29, 0.717) is 11.1 Å². The molecule has 122 valence electrons. The van der Waals surface area contributed by atoms with Gasteiger partial charge >= 0.3 is 6.09 Å². The van der Waals surface area contributed by atoms with Gasteiger partial charge in [-0.2, -0.15) is 0 Å². The maximum atomic E-state index is 14.2. The minimum absolute atomic E-state index is 0.0697. The first-order valence-corrected chi connectivity index (χ1v) is 7.19. The molecule has 1 aromatic rings. The molecule has 1 N–H and O–H groups in total. The van der Waals surface area contributed by atoms with Crippen molar-refractivity contribution in [3.8, 4) is 0 Å². The van der Waals surface area contributed by atoms with Crippen LogP contribution in [-0.2, 0) is 9.47 Å². The second-order valence-electron chi connectivity index (χ2n) is 6.33. The van der Waals surface area contributed by atoms with Crippen LogP contribution in [0, 0.1) is 5.82 Å². The number of amides is 1. The highest BCUT2D eigenvalue weighted by Gasteiger charge is 2.35. The van der Waals surface area contributed by atoms with Gasteiger partial charge in [-0.25, -0.2) is 9.18 Å².